The number of aldehydes is 1. The first-order valence-corrected chi connectivity index (χ1v) is 14.1. The Balaban J connectivity index is 0.000000278. The Bertz CT molecular complexity index is 1240. The van der Waals surface area contributed by atoms with E-state index < -0.39 is 0 Å². The van der Waals surface area contributed by atoms with Crippen molar-refractivity contribution in [1.82, 2.24) is 14.8 Å². The highest BCUT2D eigenvalue weighted by atomic mass is 16.1. The van der Waals surface area contributed by atoms with Gasteiger partial charge in [-0.3, -0.25) is 9.80 Å². The van der Waals surface area contributed by atoms with Crippen LogP contribution >= 0.6 is 0 Å². The third kappa shape index (κ3) is 5.25. The smallest absolute Gasteiger partial charge is 0.168 e. The molecule has 1 aromatic carbocycles. The molecule has 4 aliphatic rings. The van der Waals surface area contributed by atoms with E-state index >= 15 is 0 Å². The highest BCUT2D eigenvalue weighted by Crippen LogP contribution is 2.44. The maximum absolute atomic E-state index is 11.1. The molecule has 2 fully saturated rings. The zero-order chi connectivity index (χ0) is 26.8. The molecule has 1 aromatic heterocycles. The summed E-state index contributed by atoms with van der Waals surface area (Å²) >= 11 is 0. The molecule has 6 rings (SSSR count). The Morgan fingerprint density at radius 3 is 2.50 bits per heavy atom. The Labute approximate surface area is 227 Å². The number of rotatable bonds is 4. The van der Waals surface area contributed by atoms with Crippen LogP contribution in [0.3, 0.4) is 0 Å². The number of aromatic nitrogens is 1. The number of carbonyl (C=O) groups is 1. The van der Waals surface area contributed by atoms with Crippen molar-refractivity contribution in [3.05, 3.63) is 58.4 Å². The molecule has 0 spiro atoms. The quantitative estimate of drug-likeness (QED) is 0.554. The third-order valence-corrected chi connectivity index (χ3v) is 8.92. The molecule has 0 bridgehead atoms. The number of hydrogen-bond acceptors (Lipinski definition) is 7. The molecule has 7 nitrogen and oxygen atoms in total. The van der Waals surface area contributed by atoms with E-state index in [9.17, 15) is 10.1 Å². The number of aryl methyl sites for hydroxylation is 2. The number of benzene rings is 1. The van der Waals surface area contributed by atoms with Gasteiger partial charge in [0, 0.05) is 24.1 Å². The lowest BCUT2D eigenvalue weighted by molar-refractivity contribution is 0.111. The number of hydrazone groups is 1. The topological polar surface area (TPSA) is 75.8 Å². The highest BCUT2D eigenvalue weighted by molar-refractivity contribution is 6.06. The van der Waals surface area contributed by atoms with Crippen molar-refractivity contribution in [3.63, 3.8) is 0 Å². The molecule has 200 valence electrons. The maximum Gasteiger partial charge on any atom is 0.168 e. The van der Waals surface area contributed by atoms with E-state index in [2.05, 4.69) is 53.1 Å². The summed E-state index contributed by atoms with van der Waals surface area (Å²) in [6.07, 6.45) is 9.17. The molecule has 2 aliphatic heterocycles. The molecular formula is C31H40N6O. The molecule has 0 radical (unpaired) electrons. The summed E-state index contributed by atoms with van der Waals surface area (Å²) in [5.74, 6) is 1.03. The molecule has 1 saturated heterocycles. The van der Waals surface area contributed by atoms with Crippen molar-refractivity contribution < 1.29 is 4.79 Å². The maximum atomic E-state index is 11.1. The van der Waals surface area contributed by atoms with Crippen LogP contribution in [0.2, 0.25) is 0 Å². The second kappa shape index (κ2) is 11.3. The Hall–Kier alpha value is -3.08. The van der Waals surface area contributed by atoms with Gasteiger partial charge >= 0.3 is 0 Å². The summed E-state index contributed by atoms with van der Waals surface area (Å²) in [4.78, 5) is 20.4. The highest BCUT2D eigenvalue weighted by Gasteiger charge is 2.45. The van der Waals surface area contributed by atoms with Crippen molar-refractivity contribution in [3.8, 4) is 6.07 Å². The van der Waals surface area contributed by atoms with Gasteiger partial charge in [0.15, 0.2) is 6.29 Å². The minimum atomic E-state index is 0.360. The van der Waals surface area contributed by atoms with Crippen LogP contribution in [0, 0.1) is 30.1 Å². The van der Waals surface area contributed by atoms with Crippen LogP contribution in [-0.4, -0.2) is 73.1 Å². The van der Waals surface area contributed by atoms with Crippen LogP contribution in [0.4, 0.5) is 5.69 Å². The Kier molecular flexibility index (Phi) is 7.92. The van der Waals surface area contributed by atoms with Crippen molar-refractivity contribution in [2.75, 3.05) is 39.2 Å². The minimum Gasteiger partial charge on any atom is -0.305 e. The van der Waals surface area contributed by atoms with Gasteiger partial charge in [-0.15, -0.1) is 0 Å². The first-order valence-electron chi connectivity index (χ1n) is 14.1. The predicted octanol–water partition coefficient (Wildman–Crippen LogP) is 4.67. The largest absolute Gasteiger partial charge is 0.305 e. The first kappa shape index (κ1) is 26.5. The van der Waals surface area contributed by atoms with Crippen LogP contribution in [0.15, 0.2) is 35.4 Å². The lowest BCUT2D eigenvalue weighted by Crippen LogP contribution is -2.40. The van der Waals surface area contributed by atoms with Crippen LogP contribution in [0.1, 0.15) is 71.4 Å². The van der Waals surface area contributed by atoms with E-state index in [1.165, 1.54) is 45.2 Å². The minimum absolute atomic E-state index is 0.360. The van der Waals surface area contributed by atoms with Gasteiger partial charge in [0.05, 0.1) is 34.8 Å². The molecule has 3 heterocycles. The number of likely N-dealkylation sites (N-methyl/N-ethyl adjacent to an activating group) is 2. The van der Waals surface area contributed by atoms with E-state index in [0.717, 1.165) is 53.4 Å². The number of nitrogens with zero attached hydrogens (tertiary/aromatic N) is 6. The molecule has 0 amide bonds. The fourth-order valence-corrected chi connectivity index (χ4v) is 6.76. The number of fused-ring (bicyclic) bond motifs is 3. The molecule has 3 atom stereocenters. The monoisotopic (exact) mass is 512 g/mol. The van der Waals surface area contributed by atoms with Gasteiger partial charge in [-0.2, -0.15) is 10.4 Å². The second-order valence-electron chi connectivity index (χ2n) is 11.6. The van der Waals surface area contributed by atoms with E-state index in [1.807, 2.05) is 25.1 Å². The van der Waals surface area contributed by atoms with Crippen LogP contribution < -0.4 is 5.01 Å². The van der Waals surface area contributed by atoms with Gasteiger partial charge in [-0.05, 0) is 109 Å². The van der Waals surface area contributed by atoms with E-state index in [-0.39, 0.29) is 0 Å². The molecule has 1 saturated carbocycles. The summed E-state index contributed by atoms with van der Waals surface area (Å²) in [5.41, 5.74) is 6.48. The fourth-order valence-electron chi connectivity index (χ4n) is 6.76. The Morgan fingerprint density at radius 1 is 1.11 bits per heavy atom. The lowest BCUT2D eigenvalue weighted by Gasteiger charge is -2.34. The number of likely N-dealkylation sites (tertiary alicyclic amines) is 1. The van der Waals surface area contributed by atoms with Gasteiger partial charge in [0.1, 0.15) is 5.69 Å². The van der Waals surface area contributed by atoms with Crippen molar-refractivity contribution in [1.29, 1.82) is 5.26 Å². The van der Waals surface area contributed by atoms with Crippen LogP contribution in [0.25, 0.3) is 0 Å². The number of anilines is 1. The standard InChI is InChI=1S/C24H24N4O.C7H16N2/c1-15-12-19(8-6-17(15)13-25)28-24(16-4-2-3-5-16)21-10-11-22-20(23(21)27-28)9-7-18(14-29)26-22;1-8(2)7-4-5-9(3)6-7/h6-9,12,14,16,21,24H,2-5,10-11H2,1H3;7H,4-6H2,1-3H3. The average Bonchev–Trinajstić information content (AvgIpc) is 3.68. The average molecular weight is 513 g/mol. The van der Waals surface area contributed by atoms with Crippen molar-refractivity contribution in [2.45, 2.75) is 64.0 Å². The molecular weight excluding hydrogens is 472 g/mol. The van der Waals surface area contributed by atoms with E-state index in [1.54, 1.807) is 6.07 Å². The van der Waals surface area contributed by atoms with Gasteiger partial charge in [0.2, 0.25) is 0 Å². The molecule has 2 aromatic rings. The van der Waals surface area contributed by atoms with E-state index in [4.69, 9.17) is 5.10 Å². The fraction of sp³-hybridized carbons (Fsp3) is 0.548. The Morgan fingerprint density at radius 2 is 1.89 bits per heavy atom. The summed E-state index contributed by atoms with van der Waals surface area (Å²) in [6, 6.07) is 13.3. The molecule has 2 aliphatic carbocycles. The summed E-state index contributed by atoms with van der Waals surface area (Å²) in [7, 11) is 6.50. The summed E-state index contributed by atoms with van der Waals surface area (Å²) < 4.78 is 0. The number of hydrogen-bond donors (Lipinski definition) is 0. The van der Waals surface area contributed by atoms with Crippen LogP contribution in [0.5, 0.6) is 0 Å². The van der Waals surface area contributed by atoms with Crippen molar-refractivity contribution >= 4 is 17.7 Å². The normalized spacial score (nSPS) is 24.9. The SMILES string of the molecule is CN1CCC(N(C)C)C1.Cc1cc(N2N=C3c4ccc(C=O)nc4CCC3C2C2CCCC2)ccc1C#N. The molecule has 3 unspecified atom stereocenters. The first-order chi connectivity index (χ1) is 18.4. The zero-order valence-corrected chi connectivity index (χ0v) is 23.2. The second-order valence-corrected chi connectivity index (χ2v) is 11.6. The predicted molar refractivity (Wildman–Crippen MR) is 152 cm³/mol. The molecule has 38 heavy (non-hydrogen) atoms. The third-order valence-electron chi connectivity index (χ3n) is 8.92. The van der Waals surface area contributed by atoms with E-state index in [0.29, 0.717) is 29.1 Å². The number of nitriles is 1. The summed E-state index contributed by atoms with van der Waals surface area (Å²) in [5, 5.41) is 16.7. The lowest BCUT2D eigenvalue weighted by atomic mass is 9.76. The van der Waals surface area contributed by atoms with Gasteiger partial charge in [-0.25, -0.2) is 4.98 Å². The molecule has 7 heteroatoms. The van der Waals surface area contributed by atoms with Crippen molar-refractivity contribution in [2.24, 2.45) is 16.9 Å². The molecule has 0 N–H and O–H groups in total. The summed E-state index contributed by atoms with van der Waals surface area (Å²) in [6.45, 7) is 4.50. The van der Waals surface area contributed by atoms with Gasteiger partial charge in [-0.1, -0.05) is 12.8 Å². The van der Waals surface area contributed by atoms with Crippen LogP contribution in [-0.2, 0) is 6.42 Å². The van der Waals surface area contributed by atoms with Gasteiger partial charge < -0.3 is 9.80 Å². The number of carbonyl (C=O) groups excluding carboxylic acids is 1. The van der Waals surface area contributed by atoms with Gasteiger partial charge in [0.25, 0.3) is 0 Å². The zero-order valence-electron chi connectivity index (χ0n) is 23.2. The number of pyridine rings is 1.